The molecule has 0 unspecified atom stereocenters. The van der Waals surface area contributed by atoms with Crippen LogP contribution in [-0.4, -0.2) is 43.3 Å². The fraction of sp³-hybridized carbons (Fsp3) is 0.300. The number of carbonyl (C=O) groups is 2. The molecule has 2 aromatic carbocycles. The number of likely N-dealkylation sites (N-methyl/N-ethyl adjacent to an activating group) is 1. The van der Waals surface area contributed by atoms with E-state index in [0.717, 1.165) is 23.3 Å². The van der Waals surface area contributed by atoms with E-state index >= 15 is 0 Å². The molecule has 0 heterocycles. The number of benzene rings is 2. The zero-order valence-corrected chi connectivity index (χ0v) is 16.2. The van der Waals surface area contributed by atoms with Crippen molar-refractivity contribution in [2.75, 3.05) is 25.5 Å². The number of anilines is 1. The van der Waals surface area contributed by atoms with Crippen molar-refractivity contribution in [1.29, 1.82) is 0 Å². The van der Waals surface area contributed by atoms with E-state index in [9.17, 15) is 22.8 Å². The largest absolute Gasteiger partial charge is 0.573 e. The molecular weight excluding hydrogens is 389 g/mol. The van der Waals surface area contributed by atoms with Crippen molar-refractivity contribution in [3.63, 3.8) is 0 Å². The van der Waals surface area contributed by atoms with Crippen LogP contribution in [0.2, 0.25) is 0 Å². The highest BCUT2D eigenvalue weighted by molar-refractivity contribution is 5.94. The Labute approximate surface area is 166 Å². The lowest BCUT2D eigenvalue weighted by Gasteiger charge is -2.18. The lowest BCUT2D eigenvalue weighted by atomic mass is 10.1. The summed E-state index contributed by atoms with van der Waals surface area (Å²) in [5.41, 5.74) is 2.24. The molecule has 29 heavy (non-hydrogen) atoms. The highest BCUT2D eigenvalue weighted by Crippen LogP contribution is 2.24. The van der Waals surface area contributed by atoms with Crippen molar-refractivity contribution in [2.45, 2.75) is 20.2 Å². The maximum Gasteiger partial charge on any atom is 0.573 e. The smallest absolute Gasteiger partial charge is 0.483 e. The highest BCUT2D eigenvalue weighted by Gasteiger charge is 2.31. The number of carbonyl (C=O) groups excluding carboxylic acids is 2. The maximum atomic E-state index is 12.2. The van der Waals surface area contributed by atoms with Crippen LogP contribution in [0.4, 0.5) is 18.9 Å². The van der Waals surface area contributed by atoms with Crippen molar-refractivity contribution in [2.24, 2.45) is 0 Å². The summed E-state index contributed by atoms with van der Waals surface area (Å²) in [6, 6.07) is 10.2. The van der Waals surface area contributed by atoms with Crippen molar-refractivity contribution in [3.8, 4) is 11.5 Å². The molecule has 2 rings (SSSR count). The quantitative estimate of drug-likeness (QED) is 0.756. The van der Waals surface area contributed by atoms with Gasteiger partial charge in [-0.05, 0) is 55.3 Å². The van der Waals surface area contributed by atoms with Gasteiger partial charge in [-0.1, -0.05) is 12.1 Å². The predicted octanol–water partition coefficient (Wildman–Crippen LogP) is 3.68. The number of hydrogen-bond acceptors (Lipinski definition) is 4. The molecular formula is C20H21F3N2O4. The number of alkyl halides is 3. The normalized spacial score (nSPS) is 11.0. The van der Waals surface area contributed by atoms with Gasteiger partial charge >= 0.3 is 6.36 Å². The molecule has 0 atom stereocenters. The summed E-state index contributed by atoms with van der Waals surface area (Å²) >= 11 is 0. The minimum absolute atomic E-state index is 0.225. The van der Waals surface area contributed by atoms with Crippen molar-refractivity contribution in [3.05, 3.63) is 53.6 Å². The number of rotatable bonds is 7. The molecule has 156 valence electrons. The van der Waals surface area contributed by atoms with E-state index in [1.54, 1.807) is 6.07 Å². The zero-order chi connectivity index (χ0) is 21.6. The lowest BCUT2D eigenvalue weighted by molar-refractivity contribution is -0.274. The predicted molar refractivity (Wildman–Crippen MR) is 101 cm³/mol. The van der Waals surface area contributed by atoms with Gasteiger partial charge in [-0.3, -0.25) is 9.59 Å². The van der Waals surface area contributed by atoms with Gasteiger partial charge < -0.3 is 19.7 Å². The van der Waals surface area contributed by atoms with Crippen LogP contribution in [0, 0.1) is 13.8 Å². The molecule has 0 aromatic heterocycles. The van der Waals surface area contributed by atoms with Gasteiger partial charge in [0.25, 0.3) is 5.91 Å². The first-order valence-corrected chi connectivity index (χ1v) is 8.64. The molecule has 0 aliphatic heterocycles. The SMILES string of the molecule is Cc1cccc(OCC(=O)N(C)CC(=O)Nc2ccc(OC(F)(F)F)cc2)c1C. The summed E-state index contributed by atoms with van der Waals surface area (Å²) in [6.07, 6.45) is -4.78. The van der Waals surface area contributed by atoms with Crippen molar-refractivity contribution in [1.82, 2.24) is 4.90 Å². The zero-order valence-electron chi connectivity index (χ0n) is 16.2. The number of ether oxygens (including phenoxy) is 2. The third-order valence-electron chi connectivity index (χ3n) is 4.08. The van der Waals surface area contributed by atoms with Crippen LogP contribution in [0.1, 0.15) is 11.1 Å². The fourth-order valence-corrected chi connectivity index (χ4v) is 2.37. The minimum atomic E-state index is -4.78. The minimum Gasteiger partial charge on any atom is -0.483 e. The summed E-state index contributed by atoms with van der Waals surface area (Å²) in [6.45, 7) is 3.35. The molecule has 2 amide bonds. The summed E-state index contributed by atoms with van der Waals surface area (Å²) in [5.74, 6) is -0.698. The van der Waals surface area contributed by atoms with Crippen LogP contribution in [0.5, 0.6) is 11.5 Å². The molecule has 1 N–H and O–H groups in total. The van der Waals surface area contributed by atoms with Crippen LogP contribution in [0.25, 0.3) is 0 Å². The molecule has 0 spiro atoms. The Kier molecular flexibility index (Phi) is 7.08. The van der Waals surface area contributed by atoms with Crippen LogP contribution >= 0.6 is 0 Å². The molecule has 2 aromatic rings. The Bertz CT molecular complexity index is 867. The van der Waals surface area contributed by atoms with E-state index in [1.807, 2.05) is 26.0 Å². The Morgan fingerprint density at radius 3 is 2.34 bits per heavy atom. The number of amides is 2. The second-order valence-electron chi connectivity index (χ2n) is 6.36. The first-order chi connectivity index (χ1) is 13.5. The Morgan fingerprint density at radius 2 is 1.72 bits per heavy atom. The Hall–Kier alpha value is -3.23. The first kappa shape index (κ1) is 22.1. The monoisotopic (exact) mass is 410 g/mol. The van der Waals surface area contributed by atoms with Gasteiger partial charge in [0, 0.05) is 12.7 Å². The molecule has 0 fully saturated rings. The third kappa shape index (κ3) is 7.02. The van der Waals surface area contributed by atoms with Gasteiger partial charge in [-0.2, -0.15) is 0 Å². The molecule has 0 aliphatic rings. The summed E-state index contributed by atoms with van der Waals surface area (Å²) in [5, 5.41) is 2.50. The molecule has 0 radical (unpaired) electrons. The average Bonchev–Trinajstić information content (AvgIpc) is 2.63. The van der Waals surface area contributed by atoms with Crippen LogP contribution < -0.4 is 14.8 Å². The Balaban J connectivity index is 1.83. The lowest BCUT2D eigenvalue weighted by Crippen LogP contribution is -2.37. The fourth-order valence-electron chi connectivity index (χ4n) is 2.37. The second-order valence-corrected chi connectivity index (χ2v) is 6.36. The maximum absolute atomic E-state index is 12.2. The van der Waals surface area contributed by atoms with Crippen molar-refractivity contribution < 1.29 is 32.2 Å². The number of aryl methyl sites for hydroxylation is 1. The number of halogens is 3. The first-order valence-electron chi connectivity index (χ1n) is 8.64. The van der Waals surface area contributed by atoms with Gasteiger partial charge in [-0.15, -0.1) is 13.2 Å². The van der Waals surface area contributed by atoms with Crippen LogP contribution in [0.15, 0.2) is 42.5 Å². The van der Waals surface area contributed by atoms with E-state index in [-0.39, 0.29) is 18.8 Å². The number of nitrogens with one attached hydrogen (secondary N) is 1. The third-order valence-corrected chi connectivity index (χ3v) is 4.08. The van der Waals surface area contributed by atoms with E-state index < -0.39 is 23.9 Å². The molecule has 0 saturated heterocycles. The molecule has 0 aliphatic carbocycles. The topological polar surface area (TPSA) is 67.9 Å². The van der Waals surface area contributed by atoms with E-state index in [2.05, 4.69) is 10.1 Å². The summed E-state index contributed by atoms with van der Waals surface area (Å²) < 4.78 is 45.7. The molecule has 0 bridgehead atoms. The standard InChI is InChI=1S/C20H21F3N2O4/c1-13-5-4-6-17(14(13)2)28-12-19(27)25(3)11-18(26)24-15-7-9-16(10-8-15)29-20(21,22)23/h4-10H,11-12H2,1-3H3,(H,24,26). The highest BCUT2D eigenvalue weighted by atomic mass is 19.4. The molecule has 0 saturated carbocycles. The second kappa shape index (κ2) is 9.31. The molecule has 6 nitrogen and oxygen atoms in total. The van der Waals surface area contributed by atoms with Gasteiger partial charge in [0.2, 0.25) is 5.91 Å². The number of nitrogens with zero attached hydrogens (tertiary/aromatic N) is 1. The van der Waals surface area contributed by atoms with Gasteiger partial charge in [0.05, 0.1) is 6.54 Å². The van der Waals surface area contributed by atoms with E-state index in [4.69, 9.17) is 4.74 Å². The van der Waals surface area contributed by atoms with E-state index in [0.29, 0.717) is 5.75 Å². The van der Waals surface area contributed by atoms with Gasteiger partial charge in [0.15, 0.2) is 6.61 Å². The van der Waals surface area contributed by atoms with Crippen LogP contribution in [-0.2, 0) is 9.59 Å². The van der Waals surface area contributed by atoms with E-state index in [1.165, 1.54) is 24.1 Å². The van der Waals surface area contributed by atoms with Crippen LogP contribution in [0.3, 0.4) is 0 Å². The molecule has 9 heteroatoms. The Morgan fingerprint density at radius 1 is 1.07 bits per heavy atom. The summed E-state index contributed by atoms with van der Waals surface area (Å²) in [4.78, 5) is 25.4. The number of hydrogen-bond donors (Lipinski definition) is 1. The van der Waals surface area contributed by atoms with Gasteiger partial charge in [0.1, 0.15) is 11.5 Å². The summed E-state index contributed by atoms with van der Waals surface area (Å²) in [7, 11) is 1.45. The average molecular weight is 410 g/mol. The van der Waals surface area contributed by atoms with Crippen molar-refractivity contribution >= 4 is 17.5 Å². The van der Waals surface area contributed by atoms with Gasteiger partial charge in [-0.25, -0.2) is 0 Å².